The minimum atomic E-state index is -0.220. The van der Waals surface area contributed by atoms with Gasteiger partial charge in [0.2, 0.25) is 0 Å². The molecule has 1 fully saturated rings. The molecule has 1 heterocycles. The lowest BCUT2D eigenvalue weighted by Gasteiger charge is -2.49. The fraction of sp³-hybridized carbons (Fsp3) is 0.467. The molecule has 2 atom stereocenters. The van der Waals surface area contributed by atoms with Crippen LogP contribution in [0.15, 0.2) is 30.6 Å². The van der Waals surface area contributed by atoms with Crippen LogP contribution in [0.3, 0.4) is 0 Å². The van der Waals surface area contributed by atoms with Crippen molar-refractivity contribution < 1.29 is 5.11 Å². The number of anilines is 1. The zero-order chi connectivity index (χ0) is 14.3. The average Bonchev–Trinajstić information content (AvgIpc) is 2.85. The Balaban J connectivity index is 1.81. The van der Waals surface area contributed by atoms with E-state index in [2.05, 4.69) is 35.4 Å². The molecular formula is C15H20N4O. The predicted octanol–water partition coefficient (Wildman–Crippen LogP) is 2.05. The van der Waals surface area contributed by atoms with Crippen LogP contribution in [0.1, 0.15) is 20.3 Å². The summed E-state index contributed by atoms with van der Waals surface area (Å²) in [7, 11) is 1.93. The summed E-state index contributed by atoms with van der Waals surface area (Å²) in [4.78, 5) is 0. The number of hydrogen-bond donors (Lipinski definition) is 2. The third-order valence-electron chi connectivity index (χ3n) is 4.39. The van der Waals surface area contributed by atoms with E-state index in [4.69, 9.17) is 0 Å². The van der Waals surface area contributed by atoms with Gasteiger partial charge < -0.3 is 15.0 Å². The minimum Gasteiger partial charge on any atom is -0.392 e. The largest absolute Gasteiger partial charge is 0.392 e. The van der Waals surface area contributed by atoms with Gasteiger partial charge in [-0.1, -0.05) is 26.0 Å². The number of aliphatic hydroxyl groups excluding tert-OH is 1. The number of aliphatic hydroxyl groups is 1. The van der Waals surface area contributed by atoms with Crippen molar-refractivity contribution in [3.8, 4) is 11.4 Å². The highest BCUT2D eigenvalue weighted by molar-refractivity contribution is 5.62. The van der Waals surface area contributed by atoms with Crippen molar-refractivity contribution in [1.82, 2.24) is 14.8 Å². The van der Waals surface area contributed by atoms with Crippen LogP contribution >= 0.6 is 0 Å². The lowest BCUT2D eigenvalue weighted by molar-refractivity contribution is -0.0510. The van der Waals surface area contributed by atoms with Crippen molar-refractivity contribution in [2.45, 2.75) is 32.4 Å². The van der Waals surface area contributed by atoms with E-state index < -0.39 is 0 Å². The third-order valence-corrected chi connectivity index (χ3v) is 4.39. The molecule has 20 heavy (non-hydrogen) atoms. The first-order chi connectivity index (χ1) is 9.48. The number of rotatable bonds is 3. The van der Waals surface area contributed by atoms with Crippen LogP contribution in [0.5, 0.6) is 0 Å². The molecule has 2 N–H and O–H groups in total. The molecule has 1 aromatic heterocycles. The Kier molecular flexibility index (Phi) is 3.01. The van der Waals surface area contributed by atoms with Gasteiger partial charge in [-0.05, 0) is 18.6 Å². The van der Waals surface area contributed by atoms with Crippen LogP contribution in [0.4, 0.5) is 5.69 Å². The highest BCUT2D eigenvalue weighted by atomic mass is 16.3. The first-order valence-corrected chi connectivity index (χ1v) is 6.87. The predicted molar refractivity (Wildman–Crippen MR) is 78.3 cm³/mol. The summed E-state index contributed by atoms with van der Waals surface area (Å²) in [6.45, 7) is 4.18. The standard InChI is InChI=1S/C15H20N4O/c1-15(2)12(8-13(15)20)17-11-6-4-5-10(7-11)14-18-16-9-19(14)3/h4-7,9,12-13,17,20H,8H2,1-3H3. The molecule has 0 saturated heterocycles. The van der Waals surface area contributed by atoms with Gasteiger partial charge in [0.25, 0.3) is 0 Å². The third kappa shape index (κ3) is 2.08. The van der Waals surface area contributed by atoms with Gasteiger partial charge in [0.1, 0.15) is 6.33 Å². The molecule has 5 heteroatoms. The highest BCUT2D eigenvalue weighted by Gasteiger charge is 2.47. The normalized spacial score (nSPS) is 24.2. The molecule has 0 amide bonds. The summed E-state index contributed by atoms with van der Waals surface area (Å²) < 4.78 is 1.90. The summed E-state index contributed by atoms with van der Waals surface area (Å²) >= 11 is 0. The summed E-state index contributed by atoms with van der Waals surface area (Å²) in [5.74, 6) is 0.849. The van der Waals surface area contributed by atoms with E-state index in [1.807, 2.05) is 29.8 Å². The Labute approximate surface area is 118 Å². The number of hydrogen-bond acceptors (Lipinski definition) is 4. The molecule has 1 aliphatic rings. The van der Waals surface area contributed by atoms with Crippen molar-refractivity contribution in [2.24, 2.45) is 12.5 Å². The van der Waals surface area contributed by atoms with Crippen LogP contribution in [0.25, 0.3) is 11.4 Å². The fourth-order valence-electron chi connectivity index (χ4n) is 2.64. The summed E-state index contributed by atoms with van der Waals surface area (Å²) in [6.07, 6.45) is 2.27. The SMILES string of the molecule is Cn1cnnc1-c1cccc(NC2CC(O)C2(C)C)c1. The van der Waals surface area contributed by atoms with E-state index in [-0.39, 0.29) is 11.5 Å². The van der Waals surface area contributed by atoms with Crippen LogP contribution in [0.2, 0.25) is 0 Å². The van der Waals surface area contributed by atoms with E-state index in [0.29, 0.717) is 6.04 Å². The molecule has 1 aromatic carbocycles. The molecular weight excluding hydrogens is 252 g/mol. The minimum absolute atomic E-state index is 0.0826. The molecule has 5 nitrogen and oxygen atoms in total. The Morgan fingerprint density at radius 1 is 1.40 bits per heavy atom. The van der Waals surface area contributed by atoms with Crippen molar-refractivity contribution in [3.05, 3.63) is 30.6 Å². The van der Waals surface area contributed by atoms with Crippen molar-refractivity contribution in [3.63, 3.8) is 0 Å². The Hall–Kier alpha value is -1.88. The van der Waals surface area contributed by atoms with Crippen LogP contribution in [-0.4, -0.2) is 32.0 Å². The fourth-order valence-corrected chi connectivity index (χ4v) is 2.64. The molecule has 106 valence electrons. The molecule has 0 radical (unpaired) electrons. The van der Waals surface area contributed by atoms with Gasteiger partial charge in [-0.2, -0.15) is 0 Å². The first-order valence-electron chi connectivity index (χ1n) is 6.87. The number of aryl methyl sites for hydroxylation is 1. The molecule has 1 saturated carbocycles. The second-order valence-corrected chi connectivity index (χ2v) is 6.12. The molecule has 0 bridgehead atoms. The van der Waals surface area contributed by atoms with Gasteiger partial charge in [-0.15, -0.1) is 10.2 Å². The summed E-state index contributed by atoms with van der Waals surface area (Å²) in [5, 5.41) is 21.3. The van der Waals surface area contributed by atoms with E-state index in [1.165, 1.54) is 0 Å². The van der Waals surface area contributed by atoms with Gasteiger partial charge in [-0.25, -0.2) is 0 Å². The summed E-state index contributed by atoms with van der Waals surface area (Å²) in [5.41, 5.74) is 2.00. The van der Waals surface area contributed by atoms with Crippen molar-refractivity contribution >= 4 is 5.69 Å². The van der Waals surface area contributed by atoms with Crippen molar-refractivity contribution in [2.75, 3.05) is 5.32 Å². The maximum atomic E-state index is 9.80. The Morgan fingerprint density at radius 3 is 2.80 bits per heavy atom. The average molecular weight is 272 g/mol. The highest BCUT2D eigenvalue weighted by Crippen LogP contribution is 2.42. The maximum absolute atomic E-state index is 9.80. The molecule has 0 spiro atoms. The molecule has 2 unspecified atom stereocenters. The van der Waals surface area contributed by atoms with Crippen LogP contribution < -0.4 is 5.32 Å². The zero-order valence-electron chi connectivity index (χ0n) is 12.0. The van der Waals surface area contributed by atoms with Gasteiger partial charge in [0, 0.05) is 29.8 Å². The van der Waals surface area contributed by atoms with E-state index in [1.54, 1.807) is 6.33 Å². The number of aromatic nitrogens is 3. The molecule has 1 aliphatic carbocycles. The van der Waals surface area contributed by atoms with Gasteiger partial charge in [-0.3, -0.25) is 0 Å². The Bertz CT molecular complexity index is 620. The lowest BCUT2D eigenvalue weighted by Crippen LogP contribution is -2.56. The smallest absolute Gasteiger partial charge is 0.163 e. The van der Waals surface area contributed by atoms with E-state index >= 15 is 0 Å². The van der Waals surface area contributed by atoms with Gasteiger partial charge in [0.05, 0.1) is 6.10 Å². The number of nitrogens with one attached hydrogen (secondary N) is 1. The monoisotopic (exact) mass is 272 g/mol. The second-order valence-electron chi connectivity index (χ2n) is 6.12. The van der Waals surface area contributed by atoms with Crippen LogP contribution in [0, 0.1) is 5.41 Å². The Morgan fingerprint density at radius 2 is 2.20 bits per heavy atom. The lowest BCUT2D eigenvalue weighted by atomic mass is 9.64. The van der Waals surface area contributed by atoms with E-state index in [0.717, 1.165) is 23.5 Å². The van der Waals surface area contributed by atoms with Gasteiger partial charge in [0.15, 0.2) is 5.82 Å². The second kappa shape index (κ2) is 4.59. The number of benzene rings is 1. The molecule has 0 aliphatic heterocycles. The number of nitrogens with zero attached hydrogens (tertiary/aromatic N) is 3. The quantitative estimate of drug-likeness (QED) is 0.897. The van der Waals surface area contributed by atoms with E-state index in [9.17, 15) is 5.11 Å². The molecule has 2 aromatic rings. The molecule has 3 rings (SSSR count). The topological polar surface area (TPSA) is 63.0 Å². The zero-order valence-corrected chi connectivity index (χ0v) is 12.0. The first kappa shape index (κ1) is 13.1. The van der Waals surface area contributed by atoms with Gasteiger partial charge >= 0.3 is 0 Å². The van der Waals surface area contributed by atoms with Crippen LogP contribution in [-0.2, 0) is 7.05 Å². The van der Waals surface area contributed by atoms with Crippen molar-refractivity contribution in [1.29, 1.82) is 0 Å². The maximum Gasteiger partial charge on any atom is 0.163 e. The summed E-state index contributed by atoms with van der Waals surface area (Å²) in [6, 6.07) is 8.45.